The molecule has 0 spiro atoms. The average Bonchev–Trinajstić information content (AvgIpc) is 2.79. The molecule has 0 aliphatic carbocycles. The van der Waals surface area contributed by atoms with E-state index >= 15 is 0 Å². The number of hydrogen-bond donors (Lipinski definition) is 1. The third-order valence-electron chi connectivity index (χ3n) is 5.65. The van der Waals surface area contributed by atoms with Crippen molar-refractivity contribution in [1.82, 2.24) is 10.2 Å². The van der Waals surface area contributed by atoms with Crippen LogP contribution in [0.3, 0.4) is 0 Å². The first-order valence-corrected chi connectivity index (χ1v) is 11.1. The lowest BCUT2D eigenvalue weighted by Gasteiger charge is -2.39. The maximum atomic E-state index is 14.1. The van der Waals surface area contributed by atoms with Gasteiger partial charge in [-0.05, 0) is 53.8 Å². The van der Waals surface area contributed by atoms with Crippen LogP contribution in [-0.2, 0) is 16.0 Å². The summed E-state index contributed by atoms with van der Waals surface area (Å²) < 4.78 is 20.1. The summed E-state index contributed by atoms with van der Waals surface area (Å²) >= 11 is 0. The minimum Gasteiger partial charge on any atom is -0.481 e. The fourth-order valence-electron chi connectivity index (χ4n) is 4.04. The van der Waals surface area contributed by atoms with E-state index < -0.39 is 12.1 Å². The van der Waals surface area contributed by atoms with Gasteiger partial charge in [0.15, 0.2) is 6.10 Å². The SMILES string of the molecule is C=CCNC(=O)[C@@H](CC)Oc1ccc2c(c1)[C@H](c1cccc(F)c1)N(C(=O)C(C)C)CC2. The van der Waals surface area contributed by atoms with Gasteiger partial charge in [-0.2, -0.15) is 0 Å². The standard InChI is InChI=1S/C26H31FN2O3/c1-5-13-28-25(30)23(6-2)32-21-11-10-18-12-14-29(26(31)17(3)4)24(22(18)16-21)19-8-7-9-20(27)15-19/h5,7-11,15-17,23-24H,1,6,12-14H2,2-4H3,(H,28,30)/t23-,24+/m1/s1. The van der Waals surface area contributed by atoms with Gasteiger partial charge >= 0.3 is 0 Å². The molecular formula is C26H31FN2O3. The molecule has 1 heterocycles. The summed E-state index contributed by atoms with van der Waals surface area (Å²) in [7, 11) is 0. The highest BCUT2D eigenvalue weighted by atomic mass is 19.1. The van der Waals surface area contributed by atoms with Crippen LogP contribution in [0.25, 0.3) is 0 Å². The molecule has 2 aromatic rings. The van der Waals surface area contributed by atoms with E-state index in [4.69, 9.17) is 4.74 Å². The minimum absolute atomic E-state index is 0.0199. The molecular weight excluding hydrogens is 407 g/mol. The van der Waals surface area contributed by atoms with Gasteiger partial charge in [0, 0.05) is 19.0 Å². The zero-order valence-corrected chi connectivity index (χ0v) is 18.9. The molecule has 1 aliphatic heterocycles. The van der Waals surface area contributed by atoms with Crippen molar-refractivity contribution in [3.05, 3.63) is 77.6 Å². The second-order valence-electron chi connectivity index (χ2n) is 8.30. The van der Waals surface area contributed by atoms with E-state index in [9.17, 15) is 14.0 Å². The van der Waals surface area contributed by atoms with Gasteiger partial charge in [0.05, 0.1) is 6.04 Å². The van der Waals surface area contributed by atoms with E-state index in [1.165, 1.54) is 12.1 Å². The third-order valence-corrected chi connectivity index (χ3v) is 5.65. The Morgan fingerprint density at radius 3 is 2.72 bits per heavy atom. The van der Waals surface area contributed by atoms with E-state index in [1.54, 1.807) is 12.1 Å². The molecule has 2 aromatic carbocycles. The summed E-state index contributed by atoms with van der Waals surface area (Å²) in [6, 6.07) is 11.7. The quantitative estimate of drug-likeness (QED) is 0.621. The first kappa shape index (κ1) is 23.5. The number of rotatable bonds is 8. The fourth-order valence-corrected chi connectivity index (χ4v) is 4.04. The Bertz CT molecular complexity index is 989. The number of nitrogens with zero attached hydrogens (tertiary/aromatic N) is 1. The number of carbonyl (C=O) groups excluding carboxylic acids is 2. The molecule has 170 valence electrons. The van der Waals surface area contributed by atoms with E-state index in [0.717, 1.165) is 11.1 Å². The van der Waals surface area contributed by atoms with Crippen LogP contribution in [0.1, 0.15) is 49.9 Å². The van der Waals surface area contributed by atoms with Crippen LogP contribution in [-0.4, -0.2) is 35.9 Å². The number of fused-ring (bicyclic) bond motifs is 1. The molecule has 0 saturated carbocycles. The van der Waals surface area contributed by atoms with E-state index in [1.807, 2.05) is 49.9 Å². The molecule has 0 fully saturated rings. The molecule has 0 bridgehead atoms. The number of ether oxygens (including phenoxy) is 1. The van der Waals surface area contributed by atoms with Crippen LogP contribution in [0, 0.1) is 11.7 Å². The summed E-state index contributed by atoms with van der Waals surface area (Å²) in [5.41, 5.74) is 2.70. The van der Waals surface area contributed by atoms with Crippen molar-refractivity contribution in [3.63, 3.8) is 0 Å². The number of benzene rings is 2. The first-order chi connectivity index (χ1) is 15.3. The Hall–Kier alpha value is -3.15. The van der Waals surface area contributed by atoms with E-state index in [0.29, 0.717) is 37.2 Å². The number of carbonyl (C=O) groups is 2. The highest BCUT2D eigenvalue weighted by Gasteiger charge is 2.33. The largest absolute Gasteiger partial charge is 0.481 e. The zero-order valence-electron chi connectivity index (χ0n) is 18.9. The molecule has 0 saturated heterocycles. The molecule has 2 amide bonds. The zero-order chi connectivity index (χ0) is 23.3. The molecule has 32 heavy (non-hydrogen) atoms. The van der Waals surface area contributed by atoms with E-state index in [2.05, 4.69) is 11.9 Å². The van der Waals surface area contributed by atoms with Gasteiger partial charge in [-0.3, -0.25) is 9.59 Å². The Balaban J connectivity index is 1.99. The summed E-state index contributed by atoms with van der Waals surface area (Å²) in [5, 5.41) is 2.76. The number of nitrogens with one attached hydrogen (secondary N) is 1. The molecule has 0 aromatic heterocycles. The third kappa shape index (κ3) is 5.18. The Labute approximate surface area is 189 Å². The topological polar surface area (TPSA) is 58.6 Å². The smallest absolute Gasteiger partial charge is 0.261 e. The second-order valence-corrected chi connectivity index (χ2v) is 8.30. The lowest BCUT2D eigenvalue weighted by molar-refractivity contribution is -0.136. The molecule has 5 nitrogen and oxygen atoms in total. The Morgan fingerprint density at radius 1 is 1.28 bits per heavy atom. The fraction of sp³-hybridized carbons (Fsp3) is 0.385. The van der Waals surface area contributed by atoms with Crippen molar-refractivity contribution in [2.24, 2.45) is 5.92 Å². The first-order valence-electron chi connectivity index (χ1n) is 11.1. The molecule has 1 aliphatic rings. The van der Waals surface area contributed by atoms with E-state index in [-0.39, 0.29) is 23.5 Å². The highest BCUT2D eigenvalue weighted by Crippen LogP contribution is 2.38. The molecule has 0 unspecified atom stereocenters. The van der Waals surface area contributed by atoms with Gasteiger partial charge in [-0.1, -0.05) is 45.0 Å². The second kappa shape index (κ2) is 10.4. The predicted octanol–water partition coefficient (Wildman–Crippen LogP) is 4.42. The van der Waals surface area contributed by atoms with Gasteiger partial charge in [-0.15, -0.1) is 6.58 Å². The van der Waals surface area contributed by atoms with Crippen molar-refractivity contribution < 1.29 is 18.7 Å². The van der Waals surface area contributed by atoms with Crippen LogP contribution >= 0.6 is 0 Å². The molecule has 3 rings (SSSR count). The number of halogens is 1. The van der Waals surface area contributed by atoms with Gasteiger partial charge < -0.3 is 15.0 Å². The number of hydrogen-bond acceptors (Lipinski definition) is 3. The Kier molecular flexibility index (Phi) is 7.67. The maximum absolute atomic E-state index is 14.1. The summed E-state index contributed by atoms with van der Waals surface area (Å²) in [6.07, 6.45) is 2.19. The van der Waals surface area contributed by atoms with Crippen LogP contribution in [0.4, 0.5) is 4.39 Å². The normalized spacial score (nSPS) is 16.3. The van der Waals surface area contributed by atoms with Crippen LogP contribution in [0.2, 0.25) is 0 Å². The van der Waals surface area contributed by atoms with Gasteiger partial charge in [0.1, 0.15) is 11.6 Å². The summed E-state index contributed by atoms with van der Waals surface area (Å²) in [6.45, 7) is 10.2. The van der Waals surface area contributed by atoms with Crippen LogP contribution in [0.5, 0.6) is 5.75 Å². The maximum Gasteiger partial charge on any atom is 0.261 e. The summed E-state index contributed by atoms with van der Waals surface area (Å²) in [4.78, 5) is 27.2. The molecule has 6 heteroatoms. The van der Waals surface area contributed by atoms with Gasteiger partial charge in [0.25, 0.3) is 5.91 Å². The monoisotopic (exact) mass is 438 g/mol. The molecule has 1 N–H and O–H groups in total. The van der Waals surface area contributed by atoms with Gasteiger partial charge in [-0.25, -0.2) is 4.39 Å². The molecule has 2 atom stereocenters. The van der Waals surface area contributed by atoms with Gasteiger partial charge in [0.2, 0.25) is 5.91 Å². The predicted molar refractivity (Wildman–Crippen MR) is 123 cm³/mol. The average molecular weight is 439 g/mol. The van der Waals surface area contributed by atoms with Crippen molar-refractivity contribution in [2.45, 2.75) is 45.8 Å². The molecule has 0 radical (unpaired) electrons. The Morgan fingerprint density at radius 2 is 2.06 bits per heavy atom. The van der Waals surface area contributed by atoms with Crippen LogP contribution < -0.4 is 10.1 Å². The lowest BCUT2D eigenvalue weighted by Crippen LogP contribution is -2.42. The highest BCUT2D eigenvalue weighted by molar-refractivity contribution is 5.81. The summed E-state index contributed by atoms with van der Waals surface area (Å²) in [5.74, 6) is -0.159. The van der Waals surface area contributed by atoms with Crippen molar-refractivity contribution in [2.75, 3.05) is 13.1 Å². The van der Waals surface area contributed by atoms with Crippen molar-refractivity contribution >= 4 is 11.8 Å². The lowest BCUT2D eigenvalue weighted by atomic mass is 9.87. The van der Waals surface area contributed by atoms with Crippen molar-refractivity contribution in [1.29, 1.82) is 0 Å². The number of amides is 2. The van der Waals surface area contributed by atoms with Crippen molar-refractivity contribution in [3.8, 4) is 5.75 Å². The van der Waals surface area contributed by atoms with Crippen LogP contribution in [0.15, 0.2) is 55.1 Å². The minimum atomic E-state index is -0.641.